The highest BCUT2D eigenvalue weighted by Gasteiger charge is 2.36. The molecule has 2 N–H and O–H groups in total. The lowest BCUT2D eigenvalue weighted by Crippen LogP contribution is -2.26. The van der Waals surface area contributed by atoms with Gasteiger partial charge in [0.1, 0.15) is 0 Å². The quantitative estimate of drug-likeness (QED) is 0.866. The van der Waals surface area contributed by atoms with E-state index in [0.29, 0.717) is 6.07 Å². The zero-order valence-corrected chi connectivity index (χ0v) is 10.5. The van der Waals surface area contributed by atoms with E-state index in [1.165, 1.54) is 6.07 Å². The third-order valence-electron chi connectivity index (χ3n) is 2.29. The number of benzene rings is 1. The minimum Gasteiger partial charge on any atom is -0.207 e. The number of nitrogens with zero attached hydrogens (tertiary/aromatic N) is 3. The van der Waals surface area contributed by atoms with E-state index in [1.54, 1.807) is 0 Å². The van der Waals surface area contributed by atoms with E-state index < -0.39 is 26.7 Å². The molecule has 0 fully saturated rings. The zero-order valence-electron chi connectivity index (χ0n) is 9.72. The first kappa shape index (κ1) is 14.4. The molecule has 0 saturated carbocycles. The number of sulfonamides is 1. The smallest absolute Gasteiger partial charge is 0.207 e. The Kier molecular flexibility index (Phi) is 3.72. The van der Waals surface area contributed by atoms with Crippen LogP contribution in [0.15, 0.2) is 29.2 Å². The maximum atomic E-state index is 12.8. The van der Waals surface area contributed by atoms with Crippen LogP contribution in [0.2, 0.25) is 0 Å². The maximum Gasteiger partial charge on any atom is 0.417 e. The molecule has 2 aromatic rings. The van der Waals surface area contributed by atoms with Gasteiger partial charge in [0.2, 0.25) is 10.0 Å². The van der Waals surface area contributed by atoms with Crippen LogP contribution in [0.25, 0.3) is 0 Å². The molecule has 2 rings (SSSR count). The molecule has 0 amide bonds. The molecule has 0 aliphatic rings. The van der Waals surface area contributed by atoms with Gasteiger partial charge in [0.25, 0.3) is 0 Å². The summed E-state index contributed by atoms with van der Waals surface area (Å²) < 4.78 is 64.1. The number of alkyl halides is 3. The summed E-state index contributed by atoms with van der Waals surface area (Å²) in [5.41, 5.74) is -1.24. The number of rotatable bonds is 4. The molecular weight excluding hydrogens is 299 g/mol. The predicted octanol–water partition coefficient (Wildman–Crippen LogP) is 0.697. The van der Waals surface area contributed by atoms with E-state index in [1.807, 2.05) is 4.72 Å². The second kappa shape index (κ2) is 5.17. The average Bonchev–Trinajstić information content (AvgIpc) is 2.89. The number of nitrogens with one attached hydrogen (secondary N) is 2. The van der Waals surface area contributed by atoms with Gasteiger partial charge in [-0.15, -0.1) is 10.2 Å². The van der Waals surface area contributed by atoms with E-state index in [4.69, 9.17) is 0 Å². The fraction of sp³-hybridized carbons (Fsp3) is 0.222. The molecule has 11 heteroatoms. The summed E-state index contributed by atoms with van der Waals surface area (Å²) in [4.78, 5) is -0.851. The van der Waals surface area contributed by atoms with Gasteiger partial charge in [0, 0.05) is 0 Å². The Labute approximate surface area is 111 Å². The molecule has 0 radical (unpaired) electrons. The Morgan fingerprint density at radius 3 is 2.55 bits per heavy atom. The Morgan fingerprint density at radius 2 is 1.95 bits per heavy atom. The fourth-order valence-electron chi connectivity index (χ4n) is 1.43. The highest BCUT2D eigenvalue weighted by molar-refractivity contribution is 7.89. The fourth-order valence-corrected chi connectivity index (χ4v) is 2.64. The second-order valence-electron chi connectivity index (χ2n) is 3.65. The lowest BCUT2D eigenvalue weighted by atomic mass is 10.2. The normalized spacial score (nSPS) is 12.6. The van der Waals surface area contributed by atoms with Crippen LogP contribution in [0.4, 0.5) is 13.2 Å². The largest absolute Gasteiger partial charge is 0.417 e. The van der Waals surface area contributed by atoms with E-state index in [9.17, 15) is 21.6 Å². The minimum atomic E-state index is -4.77. The second-order valence-corrected chi connectivity index (χ2v) is 5.38. The van der Waals surface area contributed by atoms with Gasteiger partial charge in [-0.3, -0.25) is 0 Å². The molecule has 0 spiro atoms. The Balaban J connectivity index is 2.30. The van der Waals surface area contributed by atoms with Crippen molar-refractivity contribution in [1.29, 1.82) is 0 Å². The van der Waals surface area contributed by atoms with Gasteiger partial charge in [0.05, 0.1) is 17.0 Å². The lowest BCUT2D eigenvalue weighted by Gasteiger charge is -2.12. The number of H-pyrrole nitrogens is 1. The number of tetrazole rings is 1. The van der Waals surface area contributed by atoms with Gasteiger partial charge < -0.3 is 0 Å². The molecule has 1 aromatic carbocycles. The minimum absolute atomic E-state index is 0.0121. The monoisotopic (exact) mass is 307 g/mol. The van der Waals surface area contributed by atoms with Crippen molar-refractivity contribution in [3.63, 3.8) is 0 Å². The van der Waals surface area contributed by atoms with Gasteiger partial charge in [-0.05, 0) is 12.1 Å². The summed E-state index contributed by atoms with van der Waals surface area (Å²) in [6.45, 7) is -0.370. The molecule has 20 heavy (non-hydrogen) atoms. The highest BCUT2D eigenvalue weighted by atomic mass is 32.2. The Morgan fingerprint density at radius 1 is 1.25 bits per heavy atom. The molecule has 0 bridgehead atoms. The third kappa shape index (κ3) is 3.11. The van der Waals surface area contributed by atoms with Crippen LogP contribution in [0, 0.1) is 0 Å². The molecular formula is C9H8F3N5O2S. The lowest BCUT2D eigenvalue weighted by molar-refractivity contribution is -0.139. The molecule has 0 unspecified atom stereocenters. The first-order valence-electron chi connectivity index (χ1n) is 5.19. The van der Waals surface area contributed by atoms with Gasteiger partial charge in [-0.1, -0.05) is 17.3 Å². The van der Waals surface area contributed by atoms with E-state index >= 15 is 0 Å². The Hall–Kier alpha value is -2.01. The number of hydrogen-bond acceptors (Lipinski definition) is 5. The van der Waals surface area contributed by atoms with Crippen molar-refractivity contribution in [2.75, 3.05) is 0 Å². The van der Waals surface area contributed by atoms with Gasteiger partial charge >= 0.3 is 6.18 Å². The number of aromatic nitrogens is 4. The van der Waals surface area contributed by atoms with Crippen LogP contribution in [-0.4, -0.2) is 29.0 Å². The van der Waals surface area contributed by atoms with Crippen LogP contribution < -0.4 is 4.72 Å². The van der Waals surface area contributed by atoms with Crippen molar-refractivity contribution >= 4 is 10.0 Å². The van der Waals surface area contributed by atoms with Crippen LogP contribution >= 0.6 is 0 Å². The van der Waals surface area contributed by atoms with Crippen molar-refractivity contribution in [3.8, 4) is 0 Å². The van der Waals surface area contributed by atoms with Crippen LogP contribution in [0.3, 0.4) is 0 Å². The summed E-state index contributed by atoms with van der Waals surface area (Å²) >= 11 is 0. The molecule has 0 saturated heterocycles. The molecule has 1 aromatic heterocycles. The van der Waals surface area contributed by atoms with Crippen molar-refractivity contribution in [3.05, 3.63) is 35.7 Å². The summed E-state index contributed by atoms with van der Waals surface area (Å²) in [6.07, 6.45) is -4.77. The van der Waals surface area contributed by atoms with Crippen molar-refractivity contribution in [1.82, 2.24) is 25.3 Å². The van der Waals surface area contributed by atoms with Crippen molar-refractivity contribution in [2.45, 2.75) is 17.6 Å². The first-order chi connectivity index (χ1) is 9.31. The average molecular weight is 307 g/mol. The van der Waals surface area contributed by atoms with Crippen LogP contribution in [-0.2, 0) is 22.7 Å². The molecule has 108 valence electrons. The Bertz CT molecular complexity index is 684. The van der Waals surface area contributed by atoms with E-state index in [0.717, 1.165) is 12.1 Å². The number of hydrogen-bond donors (Lipinski definition) is 2. The maximum absolute atomic E-state index is 12.8. The molecule has 1 heterocycles. The number of aromatic amines is 1. The van der Waals surface area contributed by atoms with E-state index in [2.05, 4.69) is 20.6 Å². The summed E-state index contributed by atoms with van der Waals surface area (Å²) in [7, 11) is -4.34. The summed E-state index contributed by atoms with van der Waals surface area (Å²) in [5.74, 6) is 0.0121. The highest BCUT2D eigenvalue weighted by Crippen LogP contribution is 2.33. The van der Waals surface area contributed by atoms with Gasteiger partial charge in [0.15, 0.2) is 5.82 Å². The summed E-state index contributed by atoms with van der Waals surface area (Å²) in [5, 5.41) is 12.3. The first-order valence-corrected chi connectivity index (χ1v) is 6.67. The van der Waals surface area contributed by atoms with E-state index in [-0.39, 0.29) is 12.4 Å². The topological polar surface area (TPSA) is 101 Å². The SMILES string of the molecule is O=S(=O)(NCc1nn[nH]n1)c1ccccc1C(F)(F)F. The molecule has 7 nitrogen and oxygen atoms in total. The van der Waals surface area contributed by atoms with Crippen molar-refractivity contribution in [2.24, 2.45) is 0 Å². The van der Waals surface area contributed by atoms with Gasteiger partial charge in [-0.2, -0.15) is 18.4 Å². The van der Waals surface area contributed by atoms with Gasteiger partial charge in [-0.25, -0.2) is 13.1 Å². The van der Waals surface area contributed by atoms with Crippen LogP contribution in [0.1, 0.15) is 11.4 Å². The zero-order chi connectivity index (χ0) is 14.8. The molecule has 0 aliphatic heterocycles. The predicted molar refractivity (Wildman–Crippen MR) is 59.6 cm³/mol. The van der Waals surface area contributed by atoms with Crippen molar-refractivity contribution < 1.29 is 21.6 Å². The molecule has 0 atom stereocenters. The third-order valence-corrected chi connectivity index (χ3v) is 3.75. The standard InChI is InChI=1S/C9H8F3N5O2S/c10-9(11,12)6-3-1-2-4-7(6)20(18,19)13-5-8-14-16-17-15-8/h1-4,13H,5H2,(H,14,15,16,17). The van der Waals surface area contributed by atoms with Crippen LogP contribution in [0.5, 0.6) is 0 Å². The summed E-state index contributed by atoms with van der Waals surface area (Å²) in [6, 6.07) is 3.89. The number of halogens is 3. The molecule has 0 aliphatic carbocycles.